The molecule has 3 aromatic rings. The van der Waals surface area contributed by atoms with Crippen LogP contribution in [0, 0.1) is 11.3 Å². The third-order valence-corrected chi connectivity index (χ3v) is 9.79. The molecule has 1 saturated heterocycles. The normalized spacial score (nSPS) is 16.5. The molecular formula is C26H27N7O6S. The number of aryl methyl sites for hydroxylation is 1. The molecule has 5 rings (SSSR count). The minimum atomic E-state index is -3.68. The van der Waals surface area contributed by atoms with Crippen molar-refractivity contribution >= 4 is 32.7 Å². The molecule has 3 heterocycles. The number of ether oxygens (including phenoxy) is 1. The Morgan fingerprint density at radius 3 is 2.55 bits per heavy atom. The molecule has 1 saturated carbocycles. The first-order valence-electron chi connectivity index (χ1n) is 12.6. The van der Waals surface area contributed by atoms with Crippen LogP contribution in [-0.2, 0) is 28.4 Å². The van der Waals surface area contributed by atoms with Gasteiger partial charge in [0.25, 0.3) is 17.3 Å². The lowest BCUT2D eigenvalue weighted by Gasteiger charge is -2.40. The van der Waals surface area contributed by atoms with Gasteiger partial charge in [-0.05, 0) is 36.6 Å². The minimum Gasteiger partial charge on any atom is -0.473 e. The van der Waals surface area contributed by atoms with Gasteiger partial charge in [0, 0.05) is 39.0 Å². The number of nitrogens with one attached hydrogen (secondary N) is 2. The number of nitrogens with zero attached hydrogens (tertiary/aromatic N) is 5. The van der Waals surface area contributed by atoms with E-state index in [1.54, 1.807) is 24.3 Å². The zero-order valence-electron chi connectivity index (χ0n) is 21.9. The molecule has 208 valence electrons. The number of fused-ring (bicyclic) bond motifs is 1. The summed E-state index contributed by atoms with van der Waals surface area (Å²) in [6.07, 6.45) is 2.22. The van der Waals surface area contributed by atoms with Crippen molar-refractivity contribution in [2.75, 3.05) is 19.7 Å². The first kappa shape index (κ1) is 27.2. The lowest BCUT2D eigenvalue weighted by molar-refractivity contribution is -0.120. The summed E-state index contributed by atoms with van der Waals surface area (Å²) in [5.41, 5.74) is 0.862. The number of sulfonamides is 1. The lowest BCUT2D eigenvalue weighted by atomic mass is 10.1. The van der Waals surface area contributed by atoms with Gasteiger partial charge in [-0.25, -0.2) is 8.42 Å². The maximum atomic E-state index is 13.2. The van der Waals surface area contributed by atoms with Gasteiger partial charge in [-0.2, -0.15) is 14.7 Å². The predicted octanol–water partition coefficient (Wildman–Crippen LogP) is 0.192. The molecule has 0 radical (unpaired) electrons. The van der Waals surface area contributed by atoms with E-state index >= 15 is 0 Å². The smallest absolute Gasteiger partial charge is 0.263 e. The fraction of sp³-hybridized carbons (Fsp3) is 0.385. The second-order valence-electron chi connectivity index (χ2n) is 10.1. The number of rotatable bonds is 9. The Bertz CT molecular complexity index is 1700. The number of benzene rings is 1. The molecule has 40 heavy (non-hydrogen) atoms. The van der Waals surface area contributed by atoms with Gasteiger partial charge in [-0.3, -0.25) is 14.4 Å². The molecule has 2 aliphatic rings. The SMILES string of the molecule is CC(=O)NC1CN(S(=O)(=O)C2(COc3nncc4cc(C(=O)NCc5ccc(C#N)cc5)c(=O)n(C)c34)CC2)C1. The molecule has 2 fully saturated rings. The van der Waals surface area contributed by atoms with Crippen LogP contribution in [0.4, 0.5) is 0 Å². The third kappa shape index (κ3) is 5.01. The van der Waals surface area contributed by atoms with Gasteiger partial charge < -0.3 is 19.9 Å². The molecule has 2 aromatic heterocycles. The van der Waals surface area contributed by atoms with E-state index in [4.69, 9.17) is 10.00 Å². The van der Waals surface area contributed by atoms with Crippen LogP contribution < -0.4 is 20.9 Å². The zero-order valence-corrected chi connectivity index (χ0v) is 22.7. The van der Waals surface area contributed by atoms with Gasteiger partial charge in [0.05, 0.1) is 23.9 Å². The van der Waals surface area contributed by atoms with Crippen LogP contribution in [0.3, 0.4) is 0 Å². The molecule has 14 heteroatoms. The Balaban J connectivity index is 1.31. The highest BCUT2D eigenvalue weighted by Crippen LogP contribution is 2.46. The van der Waals surface area contributed by atoms with E-state index in [9.17, 15) is 22.8 Å². The van der Waals surface area contributed by atoms with Gasteiger partial charge in [0.2, 0.25) is 15.9 Å². The average Bonchev–Trinajstić information content (AvgIpc) is 3.71. The molecule has 13 nitrogen and oxygen atoms in total. The number of pyridine rings is 1. The molecule has 2 amide bonds. The van der Waals surface area contributed by atoms with Crippen molar-refractivity contribution in [3.63, 3.8) is 0 Å². The number of aromatic nitrogens is 3. The van der Waals surface area contributed by atoms with Crippen molar-refractivity contribution in [3.05, 3.63) is 63.6 Å². The summed E-state index contributed by atoms with van der Waals surface area (Å²) in [4.78, 5) is 37.2. The van der Waals surface area contributed by atoms with E-state index < -0.39 is 26.2 Å². The highest BCUT2D eigenvalue weighted by Gasteiger charge is 2.59. The number of nitriles is 1. The predicted molar refractivity (Wildman–Crippen MR) is 143 cm³/mol. The van der Waals surface area contributed by atoms with E-state index in [1.165, 1.54) is 35.1 Å². The second-order valence-corrected chi connectivity index (χ2v) is 12.4. The first-order chi connectivity index (χ1) is 19.0. The third-order valence-electron chi connectivity index (χ3n) is 7.19. The molecule has 0 bridgehead atoms. The first-order valence-corrected chi connectivity index (χ1v) is 14.0. The lowest BCUT2D eigenvalue weighted by Crippen LogP contribution is -2.63. The fourth-order valence-electron chi connectivity index (χ4n) is 4.66. The number of carbonyl (C=O) groups excluding carboxylic acids is 2. The summed E-state index contributed by atoms with van der Waals surface area (Å²) in [7, 11) is -2.21. The van der Waals surface area contributed by atoms with Gasteiger partial charge in [0.1, 0.15) is 22.4 Å². The fourth-order valence-corrected chi connectivity index (χ4v) is 6.78. The van der Waals surface area contributed by atoms with Gasteiger partial charge in [-0.1, -0.05) is 12.1 Å². The summed E-state index contributed by atoms with van der Waals surface area (Å²) < 4.78 is 33.8. The van der Waals surface area contributed by atoms with Crippen LogP contribution in [0.2, 0.25) is 0 Å². The molecule has 2 N–H and O–H groups in total. The highest BCUT2D eigenvalue weighted by atomic mass is 32.2. The monoisotopic (exact) mass is 565 g/mol. The molecule has 0 unspecified atom stereocenters. The summed E-state index contributed by atoms with van der Waals surface area (Å²) >= 11 is 0. The topological polar surface area (TPSA) is 176 Å². The van der Waals surface area contributed by atoms with Crippen molar-refractivity contribution in [1.82, 2.24) is 29.7 Å². The summed E-state index contributed by atoms with van der Waals surface area (Å²) in [5, 5.41) is 22.7. The highest BCUT2D eigenvalue weighted by molar-refractivity contribution is 7.90. The van der Waals surface area contributed by atoms with Gasteiger partial charge in [-0.15, -0.1) is 5.10 Å². The molecule has 0 atom stereocenters. The summed E-state index contributed by atoms with van der Waals surface area (Å²) in [5.74, 6) is -0.803. The quantitative estimate of drug-likeness (QED) is 0.367. The van der Waals surface area contributed by atoms with Crippen molar-refractivity contribution in [2.45, 2.75) is 37.1 Å². The molecule has 0 spiro atoms. The molecule has 1 aliphatic heterocycles. The maximum absolute atomic E-state index is 13.2. The van der Waals surface area contributed by atoms with Crippen molar-refractivity contribution in [2.24, 2.45) is 7.05 Å². The van der Waals surface area contributed by atoms with Crippen LogP contribution in [-0.4, -0.2) is 69.8 Å². The minimum absolute atomic E-state index is 0.0113. The summed E-state index contributed by atoms with van der Waals surface area (Å²) in [6, 6.07) is 9.93. The van der Waals surface area contributed by atoms with Crippen molar-refractivity contribution in [1.29, 1.82) is 5.26 Å². The van der Waals surface area contributed by atoms with Gasteiger partial charge in [0.15, 0.2) is 0 Å². The number of hydrogen-bond acceptors (Lipinski definition) is 9. The Morgan fingerprint density at radius 2 is 1.93 bits per heavy atom. The van der Waals surface area contributed by atoms with Crippen LogP contribution >= 0.6 is 0 Å². The zero-order chi connectivity index (χ0) is 28.7. The van der Waals surface area contributed by atoms with E-state index in [0.29, 0.717) is 23.8 Å². The van der Waals surface area contributed by atoms with E-state index in [-0.39, 0.29) is 55.2 Å². The summed E-state index contributed by atoms with van der Waals surface area (Å²) in [6.45, 7) is 1.79. The number of amides is 2. The Labute approximate surface area is 229 Å². The van der Waals surface area contributed by atoms with E-state index in [2.05, 4.69) is 20.8 Å². The van der Waals surface area contributed by atoms with E-state index in [1.807, 2.05) is 6.07 Å². The second kappa shape index (κ2) is 10.3. The van der Waals surface area contributed by atoms with E-state index in [0.717, 1.165) is 5.56 Å². The Hall–Kier alpha value is -4.35. The molecule has 1 aliphatic carbocycles. The average molecular weight is 566 g/mol. The van der Waals surface area contributed by atoms with Crippen LogP contribution in [0.25, 0.3) is 10.9 Å². The van der Waals surface area contributed by atoms with Crippen LogP contribution in [0.5, 0.6) is 5.88 Å². The maximum Gasteiger partial charge on any atom is 0.263 e. The Morgan fingerprint density at radius 1 is 1.23 bits per heavy atom. The molecular weight excluding hydrogens is 538 g/mol. The Kier molecular flexibility index (Phi) is 7.03. The van der Waals surface area contributed by atoms with Crippen molar-refractivity contribution in [3.8, 4) is 11.9 Å². The molecule has 1 aromatic carbocycles. The largest absolute Gasteiger partial charge is 0.473 e. The standard InChI is InChI=1S/C26H27N7O6S/c1-16(34)30-20-13-33(14-20)40(37,38)26(7-8-26)15-39-24-22-19(12-29-31-24)9-21(25(36)32(22)2)23(35)28-11-18-5-3-17(10-27)4-6-18/h3-6,9,12,20H,7-8,11,13-15H2,1-2H3,(H,28,35)(H,30,34). The number of hydrogen-bond donors (Lipinski definition) is 2. The van der Waals surface area contributed by atoms with Gasteiger partial charge >= 0.3 is 0 Å². The number of carbonyl (C=O) groups is 2. The van der Waals surface area contributed by atoms with Crippen LogP contribution in [0.1, 0.15) is 41.3 Å². The van der Waals surface area contributed by atoms with Crippen LogP contribution in [0.15, 0.2) is 41.3 Å². The van der Waals surface area contributed by atoms with Crippen molar-refractivity contribution < 1.29 is 22.7 Å².